The van der Waals surface area contributed by atoms with Gasteiger partial charge in [-0.1, -0.05) is 6.92 Å². The Morgan fingerprint density at radius 1 is 1.45 bits per heavy atom. The second-order valence-corrected chi connectivity index (χ2v) is 4.93. The molecule has 2 amide bonds. The maximum Gasteiger partial charge on any atom is 0.269 e. The lowest BCUT2D eigenvalue weighted by Gasteiger charge is -2.33. The van der Waals surface area contributed by atoms with Crippen LogP contribution in [-0.2, 0) is 9.59 Å². The summed E-state index contributed by atoms with van der Waals surface area (Å²) < 4.78 is 0. The molecule has 7 nitrogen and oxygen atoms in total. The number of nitro groups is 1. The highest BCUT2D eigenvalue weighted by Gasteiger charge is 2.30. The Labute approximate surface area is 127 Å². The lowest BCUT2D eigenvalue weighted by atomic mass is 10.1. The monoisotopic (exact) mass is 303 g/mol. The van der Waals surface area contributed by atoms with Crippen LogP contribution in [0, 0.1) is 10.1 Å². The first-order valence-electron chi connectivity index (χ1n) is 7.03. The van der Waals surface area contributed by atoms with E-state index in [9.17, 15) is 19.7 Å². The van der Waals surface area contributed by atoms with Crippen molar-refractivity contribution in [3.63, 3.8) is 0 Å². The van der Waals surface area contributed by atoms with Gasteiger partial charge in [-0.05, 0) is 30.2 Å². The molecule has 1 unspecified atom stereocenters. The van der Waals surface area contributed by atoms with Crippen LogP contribution in [0.1, 0.15) is 18.9 Å². The van der Waals surface area contributed by atoms with E-state index >= 15 is 0 Å². The summed E-state index contributed by atoms with van der Waals surface area (Å²) in [4.78, 5) is 35.6. The molecule has 1 aromatic carbocycles. The largest absolute Gasteiger partial charge is 0.353 e. The molecule has 2 rings (SSSR count). The van der Waals surface area contributed by atoms with Gasteiger partial charge in [-0.2, -0.15) is 0 Å². The van der Waals surface area contributed by atoms with Gasteiger partial charge in [-0.3, -0.25) is 19.7 Å². The van der Waals surface area contributed by atoms with Crippen LogP contribution in [0.15, 0.2) is 30.3 Å². The van der Waals surface area contributed by atoms with Crippen molar-refractivity contribution < 1.29 is 14.5 Å². The number of carbonyl (C=O) groups is 2. The van der Waals surface area contributed by atoms with E-state index in [0.29, 0.717) is 25.1 Å². The second kappa shape index (κ2) is 6.84. The van der Waals surface area contributed by atoms with Crippen molar-refractivity contribution in [2.75, 3.05) is 13.1 Å². The van der Waals surface area contributed by atoms with Crippen LogP contribution in [0.25, 0.3) is 6.08 Å². The number of nitrogens with one attached hydrogen (secondary N) is 1. The Hall–Kier alpha value is -2.70. The number of amides is 2. The zero-order valence-electron chi connectivity index (χ0n) is 12.2. The third-order valence-corrected chi connectivity index (χ3v) is 3.52. The van der Waals surface area contributed by atoms with Crippen LogP contribution in [0.3, 0.4) is 0 Å². The van der Waals surface area contributed by atoms with Gasteiger partial charge in [-0.25, -0.2) is 0 Å². The summed E-state index contributed by atoms with van der Waals surface area (Å²) in [5, 5.41) is 13.3. The zero-order chi connectivity index (χ0) is 16.1. The number of rotatable bonds is 4. The van der Waals surface area contributed by atoms with Crippen LogP contribution in [0.4, 0.5) is 5.69 Å². The van der Waals surface area contributed by atoms with Gasteiger partial charge < -0.3 is 10.2 Å². The molecule has 1 heterocycles. The Balaban J connectivity index is 2.06. The second-order valence-electron chi connectivity index (χ2n) is 4.93. The highest BCUT2D eigenvalue weighted by Crippen LogP contribution is 2.14. The molecule has 1 aromatic rings. The van der Waals surface area contributed by atoms with Crippen LogP contribution >= 0.6 is 0 Å². The van der Waals surface area contributed by atoms with Gasteiger partial charge >= 0.3 is 0 Å². The first-order chi connectivity index (χ1) is 10.5. The maximum atomic E-state index is 12.2. The van der Waals surface area contributed by atoms with Crippen LogP contribution in [-0.4, -0.2) is 40.8 Å². The molecule has 1 N–H and O–H groups in total. The van der Waals surface area contributed by atoms with Gasteiger partial charge in [0.1, 0.15) is 6.04 Å². The summed E-state index contributed by atoms with van der Waals surface area (Å²) in [6.07, 6.45) is 3.54. The highest BCUT2D eigenvalue weighted by molar-refractivity contribution is 5.96. The normalized spacial score (nSPS) is 18.3. The Bertz CT molecular complexity index is 610. The average Bonchev–Trinajstić information content (AvgIpc) is 2.52. The minimum absolute atomic E-state index is 0.00206. The standard InChI is InChI=1S/C15H17N3O4/c1-2-13-15(20)16-9-10-17(13)14(19)8-5-11-3-6-12(7-4-11)18(21)22/h3-8,13H,2,9-10H2,1H3,(H,16,20)/b8-5+. The van der Waals surface area contributed by atoms with Gasteiger partial charge in [-0.15, -0.1) is 0 Å². The van der Waals surface area contributed by atoms with E-state index in [-0.39, 0.29) is 17.5 Å². The van der Waals surface area contributed by atoms with E-state index in [4.69, 9.17) is 0 Å². The number of hydrogen-bond acceptors (Lipinski definition) is 4. The van der Waals surface area contributed by atoms with Crippen LogP contribution < -0.4 is 5.32 Å². The predicted octanol–water partition coefficient (Wildman–Crippen LogP) is 1.34. The molecule has 116 valence electrons. The summed E-state index contributed by atoms with van der Waals surface area (Å²) in [5.74, 6) is -0.370. The van der Waals surface area contributed by atoms with E-state index in [2.05, 4.69) is 5.32 Å². The molecule has 1 aliphatic rings. The molecule has 0 aliphatic carbocycles. The number of benzene rings is 1. The fourth-order valence-corrected chi connectivity index (χ4v) is 2.35. The number of carbonyl (C=O) groups excluding carboxylic acids is 2. The lowest BCUT2D eigenvalue weighted by Crippen LogP contribution is -2.56. The van der Waals surface area contributed by atoms with Gasteiger partial charge in [0.05, 0.1) is 4.92 Å². The fraction of sp³-hybridized carbons (Fsp3) is 0.333. The summed E-state index contributed by atoms with van der Waals surface area (Å²) in [6, 6.07) is 5.47. The smallest absolute Gasteiger partial charge is 0.269 e. The Morgan fingerprint density at radius 3 is 2.73 bits per heavy atom. The molecule has 1 fully saturated rings. The van der Waals surface area contributed by atoms with Crippen molar-refractivity contribution in [3.05, 3.63) is 46.0 Å². The number of nitrogens with zero attached hydrogens (tertiary/aromatic N) is 2. The van der Waals surface area contributed by atoms with Gasteiger partial charge in [0, 0.05) is 31.3 Å². The Morgan fingerprint density at radius 2 is 2.14 bits per heavy atom. The summed E-state index contributed by atoms with van der Waals surface area (Å²) >= 11 is 0. The van der Waals surface area contributed by atoms with Crippen LogP contribution in [0.2, 0.25) is 0 Å². The molecule has 1 atom stereocenters. The van der Waals surface area contributed by atoms with E-state index in [0.717, 1.165) is 0 Å². The average molecular weight is 303 g/mol. The molecule has 0 saturated carbocycles. The van der Waals surface area contributed by atoms with E-state index in [1.165, 1.54) is 18.2 Å². The SMILES string of the molecule is CCC1C(=O)NCCN1C(=O)/C=C/c1ccc([N+](=O)[O-])cc1. The molecule has 0 aromatic heterocycles. The third kappa shape index (κ3) is 3.49. The first-order valence-corrected chi connectivity index (χ1v) is 7.03. The molecular weight excluding hydrogens is 286 g/mol. The molecule has 22 heavy (non-hydrogen) atoms. The third-order valence-electron chi connectivity index (χ3n) is 3.52. The van der Waals surface area contributed by atoms with Gasteiger partial charge in [0.15, 0.2) is 0 Å². The van der Waals surface area contributed by atoms with Crippen molar-refractivity contribution in [3.8, 4) is 0 Å². The molecule has 1 saturated heterocycles. The van der Waals surface area contributed by atoms with E-state index in [1.54, 1.807) is 23.1 Å². The topological polar surface area (TPSA) is 92.6 Å². The number of nitro benzene ring substituents is 1. The molecule has 0 bridgehead atoms. The maximum absolute atomic E-state index is 12.2. The van der Waals surface area contributed by atoms with E-state index < -0.39 is 11.0 Å². The van der Waals surface area contributed by atoms with Gasteiger partial charge in [0.25, 0.3) is 5.69 Å². The fourth-order valence-electron chi connectivity index (χ4n) is 2.35. The van der Waals surface area contributed by atoms with Crippen molar-refractivity contribution in [2.24, 2.45) is 0 Å². The molecule has 7 heteroatoms. The first kappa shape index (κ1) is 15.7. The van der Waals surface area contributed by atoms with Gasteiger partial charge in [0.2, 0.25) is 11.8 Å². The van der Waals surface area contributed by atoms with Crippen molar-refractivity contribution in [2.45, 2.75) is 19.4 Å². The predicted molar refractivity (Wildman–Crippen MR) is 80.9 cm³/mol. The summed E-state index contributed by atoms with van der Waals surface area (Å²) in [7, 11) is 0. The molecular formula is C15H17N3O4. The number of hydrogen-bond donors (Lipinski definition) is 1. The number of non-ortho nitro benzene ring substituents is 1. The van der Waals surface area contributed by atoms with Crippen molar-refractivity contribution in [1.82, 2.24) is 10.2 Å². The summed E-state index contributed by atoms with van der Waals surface area (Å²) in [5.41, 5.74) is 0.690. The molecule has 1 aliphatic heterocycles. The van der Waals surface area contributed by atoms with Crippen LogP contribution in [0.5, 0.6) is 0 Å². The summed E-state index contributed by atoms with van der Waals surface area (Å²) in [6.45, 7) is 2.79. The van der Waals surface area contributed by atoms with Crippen molar-refractivity contribution in [1.29, 1.82) is 0 Å². The van der Waals surface area contributed by atoms with Crippen molar-refractivity contribution >= 4 is 23.6 Å². The Kier molecular flexibility index (Phi) is 4.88. The minimum Gasteiger partial charge on any atom is -0.353 e. The zero-order valence-corrected chi connectivity index (χ0v) is 12.2. The quantitative estimate of drug-likeness (QED) is 0.516. The minimum atomic E-state index is -0.475. The highest BCUT2D eigenvalue weighted by atomic mass is 16.6. The molecule has 0 spiro atoms. The van der Waals surface area contributed by atoms with E-state index in [1.807, 2.05) is 6.92 Å². The molecule has 0 radical (unpaired) electrons. The number of piperazine rings is 1. The lowest BCUT2D eigenvalue weighted by molar-refractivity contribution is -0.384.